The third-order valence-corrected chi connectivity index (χ3v) is 4.99. The van der Waals surface area contributed by atoms with Gasteiger partial charge in [0, 0.05) is 42.3 Å². The molecule has 0 amide bonds. The normalized spacial score (nSPS) is 13.5. The van der Waals surface area contributed by atoms with Gasteiger partial charge in [-0.2, -0.15) is 5.10 Å². The zero-order valence-electron chi connectivity index (χ0n) is 15.6. The first-order chi connectivity index (χ1) is 13.7. The predicted molar refractivity (Wildman–Crippen MR) is 110 cm³/mol. The third-order valence-electron chi connectivity index (χ3n) is 4.99. The Morgan fingerprint density at radius 3 is 2.57 bits per heavy atom. The number of fused-ring (bicyclic) bond motifs is 1. The van der Waals surface area contributed by atoms with Crippen LogP contribution in [0.1, 0.15) is 11.1 Å². The van der Waals surface area contributed by atoms with Crippen LogP contribution in [0.4, 0.5) is 11.5 Å². The molecule has 138 valence electrons. The summed E-state index contributed by atoms with van der Waals surface area (Å²) in [5, 5.41) is 10.2. The minimum absolute atomic E-state index is 0.734. The first-order valence-corrected chi connectivity index (χ1v) is 9.25. The Labute approximate surface area is 163 Å². The maximum Gasteiger partial charge on any atom is 0.161 e. The van der Waals surface area contributed by atoms with Gasteiger partial charge in [0.05, 0.1) is 6.20 Å². The number of nitrogens with one attached hydrogen (secondary N) is 2. The first kappa shape index (κ1) is 16.6. The molecular weight excluding hydrogens is 348 g/mol. The summed E-state index contributed by atoms with van der Waals surface area (Å²) in [4.78, 5) is 11.5. The van der Waals surface area contributed by atoms with Crippen LogP contribution in [0.3, 0.4) is 0 Å². The highest BCUT2D eigenvalue weighted by atomic mass is 15.1. The number of aromatic amines is 1. The Kier molecular flexibility index (Phi) is 4.10. The van der Waals surface area contributed by atoms with Crippen LogP contribution < -0.4 is 5.32 Å². The highest BCUT2D eigenvalue weighted by Crippen LogP contribution is 2.27. The Balaban J connectivity index is 1.37. The lowest BCUT2D eigenvalue weighted by molar-refractivity contribution is 0.353. The summed E-state index contributed by atoms with van der Waals surface area (Å²) in [5.41, 5.74) is 6.96. The molecule has 0 atom stereocenters. The van der Waals surface area contributed by atoms with Crippen molar-refractivity contribution in [2.45, 2.75) is 13.1 Å². The zero-order chi connectivity index (χ0) is 18.9. The summed E-state index contributed by atoms with van der Waals surface area (Å²) < 4.78 is 0. The number of nitrogens with zero attached hydrogens (tertiary/aromatic N) is 4. The number of anilines is 2. The molecule has 28 heavy (non-hydrogen) atoms. The molecule has 0 aliphatic carbocycles. The van der Waals surface area contributed by atoms with Gasteiger partial charge in [-0.1, -0.05) is 24.3 Å². The van der Waals surface area contributed by atoms with Crippen molar-refractivity contribution < 1.29 is 0 Å². The van der Waals surface area contributed by atoms with Gasteiger partial charge >= 0.3 is 0 Å². The van der Waals surface area contributed by atoms with Crippen LogP contribution in [0.2, 0.25) is 0 Å². The van der Waals surface area contributed by atoms with Crippen LogP contribution in [0, 0.1) is 0 Å². The molecule has 5 rings (SSSR count). The van der Waals surface area contributed by atoms with Gasteiger partial charge in [-0.05, 0) is 48.0 Å². The molecule has 0 bridgehead atoms. The average molecular weight is 368 g/mol. The van der Waals surface area contributed by atoms with Crippen molar-refractivity contribution in [3.05, 3.63) is 78.2 Å². The van der Waals surface area contributed by atoms with Gasteiger partial charge in [0.2, 0.25) is 0 Å². The second-order valence-corrected chi connectivity index (χ2v) is 7.11. The second kappa shape index (κ2) is 6.90. The van der Waals surface area contributed by atoms with E-state index in [1.807, 2.05) is 30.6 Å². The smallest absolute Gasteiger partial charge is 0.161 e. The maximum absolute atomic E-state index is 4.70. The highest BCUT2D eigenvalue weighted by molar-refractivity contribution is 5.67. The molecule has 6 nitrogen and oxygen atoms in total. The molecule has 0 fully saturated rings. The van der Waals surface area contributed by atoms with Gasteiger partial charge in [-0.3, -0.25) is 10.00 Å². The molecule has 2 N–H and O–H groups in total. The van der Waals surface area contributed by atoms with Crippen molar-refractivity contribution in [3.8, 4) is 22.5 Å². The van der Waals surface area contributed by atoms with Gasteiger partial charge in [0.15, 0.2) is 5.82 Å². The van der Waals surface area contributed by atoms with Crippen molar-refractivity contribution in [3.63, 3.8) is 0 Å². The van der Waals surface area contributed by atoms with Gasteiger partial charge in [-0.15, -0.1) is 0 Å². The second-order valence-electron chi connectivity index (χ2n) is 7.11. The van der Waals surface area contributed by atoms with E-state index in [1.165, 1.54) is 11.1 Å². The van der Waals surface area contributed by atoms with E-state index in [0.717, 1.165) is 47.1 Å². The Hall–Kier alpha value is -3.51. The summed E-state index contributed by atoms with van der Waals surface area (Å²) in [6.07, 6.45) is 5.49. The standard InChI is InChI=1S/C22H20N6/c1-28-13-17-3-2-16(10-18(17)14-28)22-23-9-8-21(27-22)26-20-6-4-15(5-7-20)19-11-24-25-12-19/h2-12H,13-14H2,1H3,(H,24,25)(H,23,26,27). The fraction of sp³-hybridized carbons (Fsp3) is 0.136. The van der Waals surface area contributed by atoms with Crippen LogP contribution >= 0.6 is 0 Å². The molecule has 1 aliphatic heterocycles. The van der Waals surface area contributed by atoms with Crippen molar-refractivity contribution in [1.82, 2.24) is 25.1 Å². The molecule has 0 saturated heterocycles. The van der Waals surface area contributed by atoms with Crippen LogP contribution in [0.5, 0.6) is 0 Å². The molecule has 0 unspecified atom stereocenters. The molecular formula is C22H20N6. The Bertz CT molecular complexity index is 1100. The van der Waals surface area contributed by atoms with E-state index in [9.17, 15) is 0 Å². The molecule has 6 heteroatoms. The minimum atomic E-state index is 0.734. The molecule has 4 aromatic rings. The van der Waals surface area contributed by atoms with Crippen LogP contribution in [0.25, 0.3) is 22.5 Å². The van der Waals surface area contributed by atoms with Crippen molar-refractivity contribution in [1.29, 1.82) is 0 Å². The summed E-state index contributed by atoms with van der Waals surface area (Å²) in [5.74, 6) is 1.51. The number of hydrogen-bond donors (Lipinski definition) is 2. The lowest BCUT2D eigenvalue weighted by Crippen LogP contribution is -2.07. The monoisotopic (exact) mass is 368 g/mol. The molecule has 3 heterocycles. The van der Waals surface area contributed by atoms with E-state index in [2.05, 4.69) is 62.8 Å². The van der Waals surface area contributed by atoms with Gasteiger partial charge in [0.1, 0.15) is 5.82 Å². The average Bonchev–Trinajstić information content (AvgIpc) is 3.37. The van der Waals surface area contributed by atoms with Crippen molar-refractivity contribution in [2.75, 3.05) is 12.4 Å². The maximum atomic E-state index is 4.70. The Morgan fingerprint density at radius 2 is 1.75 bits per heavy atom. The van der Waals surface area contributed by atoms with E-state index in [0.29, 0.717) is 0 Å². The topological polar surface area (TPSA) is 69.7 Å². The number of rotatable bonds is 4. The number of H-pyrrole nitrogens is 1. The van der Waals surface area contributed by atoms with Crippen LogP contribution in [-0.2, 0) is 13.1 Å². The summed E-state index contributed by atoms with van der Waals surface area (Å²) in [7, 11) is 2.14. The van der Waals surface area contributed by atoms with E-state index in [-0.39, 0.29) is 0 Å². The molecule has 0 radical (unpaired) electrons. The zero-order valence-corrected chi connectivity index (χ0v) is 15.6. The molecule has 1 aliphatic rings. The lowest BCUT2D eigenvalue weighted by Gasteiger charge is -2.08. The van der Waals surface area contributed by atoms with E-state index in [4.69, 9.17) is 4.98 Å². The quantitative estimate of drug-likeness (QED) is 0.564. The third kappa shape index (κ3) is 3.25. The van der Waals surface area contributed by atoms with Crippen LogP contribution in [-0.4, -0.2) is 32.1 Å². The van der Waals surface area contributed by atoms with Crippen LogP contribution in [0.15, 0.2) is 67.1 Å². The van der Waals surface area contributed by atoms with E-state index in [1.54, 1.807) is 6.20 Å². The predicted octanol–water partition coefficient (Wildman–Crippen LogP) is 4.22. The SMILES string of the molecule is CN1Cc2ccc(-c3nccc(Nc4ccc(-c5cn[nH]c5)cc4)n3)cc2C1. The molecule has 2 aromatic heterocycles. The Morgan fingerprint density at radius 1 is 0.929 bits per heavy atom. The summed E-state index contributed by atoms with van der Waals surface area (Å²) in [6.45, 7) is 1.98. The van der Waals surface area contributed by atoms with Crippen molar-refractivity contribution >= 4 is 11.5 Å². The summed E-state index contributed by atoms with van der Waals surface area (Å²) >= 11 is 0. The molecule has 0 spiro atoms. The van der Waals surface area contributed by atoms with Crippen molar-refractivity contribution in [2.24, 2.45) is 0 Å². The van der Waals surface area contributed by atoms with Gasteiger partial charge < -0.3 is 5.32 Å². The summed E-state index contributed by atoms with van der Waals surface area (Å²) in [6, 6.07) is 16.6. The van der Waals surface area contributed by atoms with Gasteiger partial charge in [0.25, 0.3) is 0 Å². The number of aromatic nitrogens is 4. The lowest BCUT2D eigenvalue weighted by atomic mass is 10.1. The minimum Gasteiger partial charge on any atom is -0.340 e. The molecule has 2 aromatic carbocycles. The highest BCUT2D eigenvalue weighted by Gasteiger charge is 2.16. The largest absolute Gasteiger partial charge is 0.340 e. The number of benzene rings is 2. The first-order valence-electron chi connectivity index (χ1n) is 9.25. The fourth-order valence-corrected chi connectivity index (χ4v) is 3.57. The van der Waals surface area contributed by atoms with E-state index >= 15 is 0 Å². The number of hydrogen-bond acceptors (Lipinski definition) is 5. The van der Waals surface area contributed by atoms with E-state index < -0.39 is 0 Å². The fourth-order valence-electron chi connectivity index (χ4n) is 3.57. The van der Waals surface area contributed by atoms with Gasteiger partial charge in [-0.25, -0.2) is 9.97 Å². The molecule has 0 saturated carbocycles.